The van der Waals surface area contributed by atoms with Gasteiger partial charge in [-0.25, -0.2) is 4.98 Å². The summed E-state index contributed by atoms with van der Waals surface area (Å²) in [6.07, 6.45) is 7.60. The Hall–Kier alpha value is -1.27. The van der Waals surface area contributed by atoms with Gasteiger partial charge < -0.3 is 15.0 Å². The van der Waals surface area contributed by atoms with E-state index in [1.165, 1.54) is 19.3 Å². The monoisotopic (exact) mass is 323 g/mol. The summed E-state index contributed by atoms with van der Waals surface area (Å²) in [4.78, 5) is 18.8. The van der Waals surface area contributed by atoms with Gasteiger partial charge in [0.25, 0.3) is 5.91 Å². The van der Waals surface area contributed by atoms with Crippen LogP contribution >= 0.6 is 11.8 Å². The summed E-state index contributed by atoms with van der Waals surface area (Å²) >= 11 is 1.93. The standard InChI is InChI=1S/C16H25N3O2S/c1-21-10-8-17-16(20)13-6-7-15(18-11-13)19-9-4-3-5-14(12-19)22-2/h6-7,11,14H,3-5,8-10,12H2,1-2H3,(H,17,20). The highest BCUT2D eigenvalue weighted by Gasteiger charge is 2.18. The van der Waals surface area contributed by atoms with Gasteiger partial charge in [0.2, 0.25) is 0 Å². The maximum absolute atomic E-state index is 11.9. The first-order chi connectivity index (χ1) is 10.7. The minimum atomic E-state index is -0.103. The summed E-state index contributed by atoms with van der Waals surface area (Å²) in [5, 5.41) is 3.47. The van der Waals surface area contributed by atoms with Crippen molar-refractivity contribution in [3.05, 3.63) is 23.9 Å². The molecule has 6 heteroatoms. The molecule has 0 radical (unpaired) electrons. The van der Waals surface area contributed by atoms with Gasteiger partial charge in [-0.05, 0) is 31.2 Å². The highest BCUT2D eigenvalue weighted by Crippen LogP contribution is 2.23. The number of rotatable bonds is 6. The van der Waals surface area contributed by atoms with Gasteiger partial charge in [-0.15, -0.1) is 0 Å². The van der Waals surface area contributed by atoms with Crippen molar-refractivity contribution >= 4 is 23.5 Å². The Kier molecular flexibility index (Phi) is 6.99. The van der Waals surface area contributed by atoms with Crippen LogP contribution in [0.1, 0.15) is 29.6 Å². The molecule has 2 rings (SSSR count). The number of nitrogens with zero attached hydrogens (tertiary/aromatic N) is 2. The third kappa shape index (κ3) is 4.88. The molecule has 0 aromatic carbocycles. The average molecular weight is 323 g/mol. The molecule has 1 aromatic rings. The predicted molar refractivity (Wildman–Crippen MR) is 91.8 cm³/mol. The van der Waals surface area contributed by atoms with E-state index >= 15 is 0 Å². The largest absolute Gasteiger partial charge is 0.383 e. The number of hydrogen-bond acceptors (Lipinski definition) is 5. The first-order valence-corrected chi connectivity index (χ1v) is 9.04. The van der Waals surface area contributed by atoms with Gasteiger partial charge in [0.05, 0.1) is 12.2 Å². The summed E-state index contributed by atoms with van der Waals surface area (Å²) in [5.74, 6) is 0.864. The van der Waals surface area contributed by atoms with Crippen molar-refractivity contribution in [1.82, 2.24) is 10.3 Å². The number of anilines is 1. The third-order valence-electron chi connectivity index (χ3n) is 3.89. The number of ether oxygens (including phenoxy) is 1. The van der Waals surface area contributed by atoms with Crippen LogP contribution < -0.4 is 10.2 Å². The van der Waals surface area contributed by atoms with E-state index < -0.39 is 0 Å². The number of thioether (sulfide) groups is 1. The SMILES string of the molecule is COCCNC(=O)c1ccc(N2CCCCC(SC)C2)nc1. The van der Waals surface area contributed by atoms with E-state index in [1.54, 1.807) is 13.3 Å². The van der Waals surface area contributed by atoms with E-state index in [-0.39, 0.29) is 5.91 Å². The fourth-order valence-corrected chi connectivity index (χ4v) is 3.31. The van der Waals surface area contributed by atoms with E-state index in [1.807, 2.05) is 23.9 Å². The van der Waals surface area contributed by atoms with Gasteiger partial charge >= 0.3 is 0 Å². The highest BCUT2D eigenvalue weighted by molar-refractivity contribution is 7.99. The van der Waals surface area contributed by atoms with Gasteiger partial charge in [-0.3, -0.25) is 4.79 Å². The molecule has 1 aromatic heterocycles. The topological polar surface area (TPSA) is 54.5 Å². The van der Waals surface area contributed by atoms with Crippen LogP contribution in [0, 0.1) is 0 Å². The predicted octanol–water partition coefficient (Wildman–Crippen LogP) is 2.18. The van der Waals surface area contributed by atoms with E-state index in [9.17, 15) is 4.79 Å². The van der Waals surface area contributed by atoms with Crippen molar-refractivity contribution < 1.29 is 9.53 Å². The molecule has 1 unspecified atom stereocenters. The van der Waals surface area contributed by atoms with Crippen LogP contribution in [0.5, 0.6) is 0 Å². The number of methoxy groups -OCH3 is 1. The molecule has 1 atom stereocenters. The van der Waals surface area contributed by atoms with E-state index in [2.05, 4.69) is 21.5 Å². The van der Waals surface area contributed by atoms with Crippen LogP contribution in [0.2, 0.25) is 0 Å². The van der Waals surface area contributed by atoms with E-state index in [0.717, 1.165) is 18.9 Å². The molecule has 0 saturated carbocycles. The van der Waals surface area contributed by atoms with Crippen molar-refractivity contribution in [2.75, 3.05) is 44.5 Å². The van der Waals surface area contributed by atoms with E-state index in [0.29, 0.717) is 24.0 Å². The number of aromatic nitrogens is 1. The lowest BCUT2D eigenvalue weighted by Crippen LogP contribution is -2.30. The molecule has 1 saturated heterocycles. The molecule has 5 nitrogen and oxygen atoms in total. The van der Waals surface area contributed by atoms with Crippen LogP contribution in [0.4, 0.5) is 5.82 Å². The Morgan fingerprint density at radius 2 is 2.36 bits per heavy atom. The molecule has 2 heterocycles. The number of nitrogens with one attached hydrogen (secondary N) is 1. The van der Waals surface area contributed by atoms with Crippen molar-refractivity contribution in [2.45, 2.75) is 24.5 Å². The van der Waals surface area contributed by atoms with E-state index in [4.69, 9.17) is 4.74 Å². The minimum Gasteiger partial charge on any atom is -0.383 e. The lowest BCUT2D eigenvalue weighted by molar-refractivity contribution is 0.0937. The molecular weight excluding hydrogens is 298 g/mol. The zero-order valence-electron chi connectivity index (χ0n) is 13.4. The summed E-state index contributed by atoms with van der Waals surface area (Å²) in [7, 11) is 1.62. The van der Waals surface area contributed by atoms with Crippen LogP contribution in [0.15, 0.2) is 18.3 Å². The number of amides is 1. The second kappa shape index (κ2) is 9.00. The first kappa shape index (κ1) is 17.1. The Labute approximate surface area is 136 Å². The molecule has 122 valence electrons. The normalized spacial score (nSPS) is 18.8. The Morgan fingerprint density at radius 1 is 1.50 bits per heavy atom. The second-order valence-corrected chi connectivity index (χ2v) is 6.59. The summed E-state index contributed by atoms with van der Waals surface area (Å²) < 4.78 is 4.92. The smallest absolute Gasteiger partial charge is 0.252 e. The van der Waals surface area contributed by atoms with Crippen molar-refractivity contribution in [2.24, 2.45) is 0 Å². The Bertz CT molecular complexity index is 467. The van der Waals surface area contributed by atoms with Crippen LogP contribution in [-0.2, 0) is 4.74 Å². The zero-order valence-corrected chi connectivity index (χ0v) is 14.2. The minimum absolute atomic E-state index is 0.103. The molecule has 1 N–H and O–H groups in total. The summed E-state index contributed by atoms with van der Waals surface area (Å²) in [6.45, 7) is 3.11. The molecule has 1 fully saturated rings. The van der Waals surface area contributed by atoms with Crippen molar-refractivity contribution in [1.29, 1.82) is 0 Å². The third-order valence-corrected chi connectivity index (χ3v) is 4.94. The van der Waals surface area contributed by atoms with Crippen LogP contribution in [0.3, 0.4) is 0 Å². The van der Waals surface area contributed by atoms with Gasteiger partial charge in [-0.1, -0.05) is 6.42 Å². The van der Waals surface area contributed by atoms with Crippen molar-refractivity contribution in [3.8, 4) is 0 Å². The molecule has 0 spiro atoms. The molecule has 0 aliphatic carbocycles. The van der Waals surface area contributed by atoms with Gasteiger partial charge in [0.1, 0.15) is 5.82 Å². The van der Waals surface area contributed by atoms with Crippen molar-refractivity contribution in [3.63, 3.8) is 0 Å². The molecule has 22 heavy (non-hydrogen) atoms. The molecule has 1 amide bonds. The second-order valence-electron chi connectivity index (χ2n) is 5.45. The number of carbonyl (C=O) groups excluding carboxylic acids is 1. The maximum Gasteiger partial charge on any atom is 0.252 e. The van der Waals surface area contributed by atoms with Gasteiger partial charge in [0.15, 0.2) is 0 Å². The van der Waals surface area contributed by atoms with Gasteiger partial charge in [-0.2, -0.15) is 11.8 Å². The Morgan fingerprint density at radius 3 is 3.05 bits per heavy atom. The number of pyridine rings is 1. The number of carbonyl (C=O) groups is 1. The molecule has 0 bridgehead atoms. The summed E-state index contributed by atoms with van der Waals surface area (Å²) in [6, 6.07) is 3.80. The van der Waals surface area contributed by atoms with Crippen LogP contribution in [0.25, 0.3) is 0 Å². The lowest BCUT2D eigenvalue weighted by atomic mass is 10.2. The van der Waals surface area contributed by atoms with Crippen LogP contribution in [-0.4, -0.2) is 55.7 Å². The first-order valence-electron chi connectivity index (χ1n) is 7.75. The van der Waals surface area contributed by atoms with Gasteiger partial charge in [0, 0.05) is 38.2 Å². The quantitative estimate of drug-likeness (QED) is 0.813. The zero-order chi connectivity index (χ0) is 15.8. The summed E-state index contributed by atoms with van der Waals surface area (Å²) in [5.41, 5.74) is 0.594. The number of hydrogen-bond donors (Lipinski definition) is 1. The molecule has 1 aliphatic heterocycles. The fourth-order valence-electron chi connectivity index (χ4n) is 2.58. The molecular formula is C16H25N3O2S. The molecule has 1 aliphatic rings. The maximum atomic E-state index is 11.9. The highest BCUT2D eigenvalue weighted by atomic mass is 32.2. The average Bonchev–Trinajstić information content (AvgIpc) is 2.81. The lowest BCUT2D eigenvalue weighted by Gasteiger charge is -2.24. The fraction of sp³-hybridized carbons (Fsp3) is 0.625. The Balaban J connectivity index is 1.96.